The van der Waals surface area contributed by atoms with Gasteiger partial charge in [0.25, 0.3) is 0 Å². The van der Waals surface area contributed by atoms with Gasteiger partial charge in [0.05, 0.1) is 6.10 Å². The van der Waals surface area contributed by atoms with Gasteiger partial charge in [-0.3, -0.25) is 0 Å². The summed E-state index contributed by atoms with van der Waals surface area (Å²) in [6.45, 7) is 4.22. The van der Waals surface area contributed by atoms with Crippen molar-refractivity contribution in [2.24, 2.45) is 0 Å². The van der Waals surface area contributed by atoms with Gasteiger partial charge in [-0.15, -0.1) is 0 Å². The highest BCUT2D eigenvalue weighted by atomic mass is 32.2. The topological polar surface area (TPSA) is 119 Å². The number of aryl methyl sites for hydroxylation is 1. The molecule has 4 N–H and O–H groups in total. The molecular formula is C10H16N2O5S. The van der Waals surface area contributed by atoms with Gasteiger partial charge in [-0.1, -0.05) is 0 Å². The molecule has 0 spiro atoms. The molecule has 18 heavy (non-hydrogen) atoms. The molecule has 7 nitrogen and oxygen atoms in total. The summed E-state index contributed by atoms with van der Waals surface area (Å²) in [5, 5.41) is 18.0. The Morgan fingerprint density at radius 2 is 2.00 bits per heavy atom. The zero-order valence-electron chi connectivity index (χ0n) is 10.3. The predicted octanol–water partition coefficient (Wildman–Crippen LogP) is -0.0112. The molecule has 8 heteroatoms. The first-order chi connectivity index (χ1) is 8.16. The van der Waals surface area contributed by atoms with Crippen molar-refractivity contribution in [1.29, 1.82) is 0 Å². The molecule has 0 amide bonds. The number of nitrogens with one attached hydrogen (secondary N) is 2. The summed E-state index contributed by atoms with van der Waals surface area (Å²) >= 11 is 0. The second-order valence-electron chi connectivity index (χ2n) is 4.09. The summed E-state index contributed by atoms with van der Waals surface area (Å²) in [5.74, 6) is -1.22. The predicted molar refractivity (Wildman–Crippen MR) is 64.1 cm³/mol. The molecule has 0 saturated carbocycles. The van der Waals surface area contributed by atoms with Crippen LogP contribution in [0.4, 0.5) is 0 Å². The van der Waals surface area contributed by atoms with Crippen molar-refractivity contribution in [2.75, 3.05) is 6.54 Å². The number of carbonyl (C=O) groups is 1. The zero-order chi connectivity index (χ0) is 14.1. The highest BCUT2D eigenvalue weighted by Crippen LogP contribution is 2.22. The number of rotatable bonds is 5. The summed E-state index contributed by atoms with van der Waals surface area (Å²) in [5.41, 5.74) is 0.256. The Morgan fingerprint density at radius 1 is 1.44 bits per heavy atom. The van der Waals surface area contributed by atoms with Crippen LogP contribution in [0.25, 0.3) is 0 Å². The van der Waals surface area contributed by atoms with Gasteiger partial charge < -0.3 is 15.2 Å². The van der Waals surface area contributed by atoms with Crippen molar-refractivity contribution in [3.8, 4) is 0 Å². The number of hydrogen-bond donors (Lipinski definition) is 4. The molecular weight excluding hydrogens is 260 g/mol. The minimum atomic E-state index is -3.83. The van der Waals surface area contributed by atoms with Gasteiger partial charge in [0, 0.05) is 17.8 Å². The van der Waals surface area contributed by atoms with Gasteiger partial charge in [-0.25, -0.2) is 17.9 Å². The lowest BCUT2D eigenvalue weighted by molar-refractivity contribution is 0.0690. The number of carboxylic acid groups (broad SMARTS) is 1. The molecule has 1 aromatic rings. The standard InChI is InChI=1S/C10H16N2O5S/c1-5(13)4-11-18(16,17)9-6(2)8(10(14)15)12-7(9)3/h5,11-13H,4H2,1-3H3,(H,14,15)/t5-/m1/s1. The molecule has 0 fully saturated rings. The highest BCUT2D eigenvalue weighted by Gasteiger charge is 2.26. The van der Waals surface area contributed by atoms with Gasteiger partial charge >= 0.3 is 5.97 Å². The lowest BCUT2D eigenvalue weighted by Crippen LogP contribution is -2.31. The van der Waals surface area contributed by atoms with Crippen LogP contribution in [0.15, 0.2) is 4.90 Å². The molecule has 0 aromatic carbocycles. The van der Waals surface area contributed by atoms with Gasteiger partial charge in [0.2, 0.25) is 10.0 Å². The summed E-state index contributed by atoms with van der Waals surface area (Å²) < 4.78 is 26.2. The van der Waals surface area contributed by atoms with E-state index in [9.17, 15) is 13.2 Å². The smallest absolute Gasteiger partial charge is 0.352 e. The van der Waals surface area contributed by atoms with E-state index >= 15 is 0 Å². The van der Waals surface area contributed by atoms with Crippen molar-refractivity contribution < 1.29 is 23.4 Å². The minimum absolute atomic E-state index is 0.0828. The highest BCUT2D eigenvalue weighted by molar-refractivity contribution is 7.89. The molecule has 0 bridgehead atoms. The lowest BCUT2D eigenvalue weighted by atomic mass is 10.2. The third-order valence-electron chi connectivity index (χ3n) is 2.42. The largest absolute Gasteiger partial charge is 0.477 e. The Labute approximate surface area is 105 Å². The fourth-order valence-corrected chi connectivity index (χ4v) is 3.22. The summed E-state index contributed by atoms with van der Waals surface area (Å²) in [6.07, 6.45) is -0.821. The average molecular weight is 276 g/mol. The van der Waals surface area contributed by atoms with E-state index in [2.05, 4.69) is 9.71 Å². The molecule has 0 aliphatic carbocycles. The molecule has 0 unspecified atom stereocenters. The Bertz CT molecular complexity index is 559. The Morgan fingerprint density at radius 3 is 2.39 bits per heavy atom. The van der Waals surface area contributed by atoms with Crippen molar-refractivity contribution in [2.45, 2.75) is 31.8 Å². The summed E-state index contributed by atoms with van der Waals surface area (Å²) in [7, 11) is -3.83. The third kappa shape index (κ3) is 2.89. The zero-order valence-corrected chi connectivity index (χ0v) is 11.1. The molecule has 0 radical (unpaired) electrons. The number of hydrogen-bond acceptors (Lipinski definition) is 4. The van der Waals surface area contributed by atoms with Gasteiger partial charge in [-0.05, 0) is 20.8 Å². The fourth-order valence-electron chi connectivity index (χ4n) is 1.65. The first kappa shape index (κ1) is 14.7. The number of aromatic nitrogens is 1. The lowest BCUT2D eigenvalue weighted by Gasteiger charge is -2.09. The number of aliphatic hydroxyl groups excluding tert-OH is 1. The SMILES string of the molecule is Cc1[nH]c(C(=O)O)c(C)c1S(=O)(=O)NC[C@@H](C)O. The van der Waals surface area contributed by atoms with Crippen LogP contribution in [0, 0.1) is 13.8 Å². The van der Waals surface area contributed by atoms with Gasteiger partial charge in [0.15, 0.2) is 0 Å². The number of aromatic amines is 1. The first-order valence-electron chi connectivity index (χ1n) is 5.27. The second kappa shape index (κ2) is 5.09. The molecule has 0 aliphatic rings. The molecule has 1 atom stereocenters. The van der Waals surface area contributed by atoms with E-state index in [1.165, 1.54) is 20.8 Å². The van der Waals surface area contributed by atoms with E-state index in [1.54, 1.807) is 0 Å². The maximum atomic E-state index is 12.0. The normalized spacial score (nSPS) is 13.6. The maximum absolute atomic E-state index is 12.0. The molecule has 0 saturated heterocycles. The Kier molecular flexibility index (Phi) is 4.15. The van der Waals surface area contributed by atoms with Crippen LogP contribution in [0.3, 0.4) is 0 Å². The molecule has 1 heterocycles. The first-order valence-corrected chi connectivity index (χ1v) is 6.75. The van der Waals surface area contributed by atoms with Crippen LogP contribution in [0.5, 0.6) is 0 Å². The molecule has 1 rings (SSSR count). The Hall–Kier alpha value is -1.38. The van der Waals surface area contributed by atoms with E-state index in [0.29, 0.717) is 0 Å². The molecule has 1 aromatic heterocycles. The third-order valence-corrected chi connectivity index (χ3v) is 4.12. The van der Waals surface area contributed by atoms with Crippen LogP contribution in [-0.4, -0.2) is 42.2 Å². The number of sulfonamides is 1. The van der Waals surface area contributed by atoms with Gasteiger partial charge in [-0.2, -0.15) is 0 Å². The number of H-pyrrole nitrogens is 1. The van der Waals surface area contributed by atoms with E-state index < -0.39 is 22.1 Å². The van der Waals surface area contributed by atoms with E-state index in [-0.39, 0.29) is 28.4 Å². The van der Waals surface area contributed by atoms with Crippen molar-refractivity contribution in [1.82, 2.24) is 9.71 Å². The Balaban J connectivity index is 3.21. The van der Waals surface area contributed by atoms with Crippen molar-refractivity contribution in [3.05, 3.63) is 17.0 Å². The maximum Gasteiger partial charge on any atom is 0.352 e. The molecule has 0 aliphatic heterocycles. The van der Waals surface area contributed by atoms with Crippen LogP contribution in [-0.2, 0) is 10.0 Å². The van der Waals surface area contributed by atoms with Crippen LogP contribution in [0.1, 0.15) is 28.7 Å². The number of aromatic carboxylic acids is 1. The fraction of sp³-hybridized carbons (Fsp3) is 0.500. The quantitative estimate of drug-likeness (QED) is 0.603. The van der Waals surface area contributed by atoms with Crippen LogP contribution >= 0.6 is 0 Å². The van der Waals surface area contributed by atoms with Crippen molar-refractivity contribution >= 4 is 16.0 Å². The van der Waals surface area contributed by atoms with Crippen molar-refractivity contribution in [3.63, 3.8) is 0 Å². The van der Waals surface area contributed by atoms with Crippen LogP contribution in [0.2, 0.25) is 0 Å². The summed E-state index contributed by atoms with van der Waals surface area (Å²) in [4.78, 5) is 13.3. The van der Waals surface area contributed by atoms with Crippen LogP contribution < -0.4 is 4.72 Å². The monoisotopic (exact) mass is 276 g/mol. The summed E-state index contributed by atoms with van der Waals surface area (Å²) in [6, 6.07) is 0. The second-order valence-corrected chi connectivity index (χ2v) is 5.79. The van der Waals surface area contributed by atoms with Gasteiger partial charge in [0.1, 0.15) is 10.6 Å². The molecule has 102 valence electrons. The van der Waals surface area contributed by atoms with E-state index in [4.69, 9.17) is 10.2 Å². The van der Waals surface area contributed by atoms with E-state index in [0.717, 1.165) is 0 Å². The average Bonchev–Trinajstić information content (AvgIpc) is 2.52. The number of aliphatic hydroxyl groups is 1. The van der Waals surface area contributed by atoms with E-state index in [1.807, 2.05) is 0 Å². The minimum Gasteiger partial charge on any atom is -0.477 e. The number of carboxylic acids is 1.